The van der Waals surface area contributed by atoms with E-state index in [9.17, 15) is 4.79 Å². The summed E-state index contributed by atoms with van der Waals surface area (Å²) in [5.74, 6) is 0.480. The second-order valence-corrected chi connectivity index (χ2v) is 7.96. The van der Waals surface area contributed by atoms with Gasteiger partial charge in [-0.25, -0.2) is 4.79 Å². The maximum absolute atomic E-state index is 12.3. The first-order valence-corrected chi connectivity index (χ1v) is 8.94. The number of ether oxygens (including phenoxy) is 1. The van der Waals surface area contributed by atoms with E-state index < -0.39 is 5.60 Å². The molecule has 0 saturated carbocycles. The fraction of sp³-hybridized carbons (Fsp3) is 0.650. The summed E-state index contributed by atoms with van der Waals surface area (Å²) >= 11 is 0. The van der Waals surface area contributed by atoms with Gasteiger partial charge in [-0.05, 0) is 59.1 Å². The van der Waals surface area contributed by atoms with E-state index in [1.807, 2.05) is 27.8 Å². The molecule has 1 aromatic rings. The zero-order chi connectivity index (χ0) is 17.9. The molecule has 0 unspecified atom stereocenters. The summed E-state index contributed by atoms with van der Waals surface area (Å²) in [7, 11) is 1.85. The van der Waals surface area contributed by atoms with Crippen molar-refractivity contribution >= 4 is 6.09 Å². The SMILES string of the molecule is C[C@@H](c1ccccc1)N1CC[C@@H]([C@H](C)N(C)C(=O)OC(C)(C)C)C1. The average molecular weight is 332 g/mol. The van der Waals surface area contributed by atoms with E-state index in [1.165, 1.54) is 5.56 Å². The number of carbonyl (C=O) groups is 1. The van der Waals surface area contributed by atoms with Crippen molar-refractivity contribution < 1.29 is 9.53 Å². The maximum Gasteiger partial charge on any atom is 0.410 e. The number of likely N-dealkylation sites (tertiary alicyclic amines) is 1. The second-order valence-electron chi connectivity index (χ2n) is 7.96. The predicted octanol–water partition coefficient (Wildman–Crippen LogP) is 4.32. The van der Waals surface area contributed by atoms with Crippen molar-refractivity contribution in [2.45, 2.75) is 58.7 Å². The van der Waals surface area contributed by atoms with E-state index in [2.05, 4.69) is 49.1 Å². The number of hydrogen-bond donors (Lipinski definition) is 0. The van der Waals surface area contributed by atoms with Crippen LogP contribution in [0.2, 0.25) is 0 Å². The first-order chi connectivity index (χ1) is 11.2. The Kier molecular flexibility index (Phi) is 5.92. The molecule has 0 spiro atoms. The number of hydrogen-bond acceptors (Lipinski definition) is 3. The Morgan fingerprint density at radius 2 is 1.88 bits per heavy atom. The monoisotopic (exact) mass is 332 g/mol. The van der Waals surface area contributed by atoms with Gasteiger partial charge in [-0.15, -0.1) is 0 Å². The minimum atomic E-state index is -0.450. The van der Waals surface area contributed by atoms with Crippen molar-refractivity contribution in [3.05, 3.63) is 35.9 Å². The van der Waals surface area contributed by atoms with Crippen molar-refractivity contribution in [1.29, 1.82) is 0 Å². The van der Waals surface area contributed by atoms with Crippen LogP contribution < -0.4 is 0 Å². The second kappa shape index (κ2) is 7.56. The van der Waals surface area contributed by atoms with Gasteiger partial charge < -0.3 is 9.64 Å². The Hall–Kier alpha value is -1.55. The molecule has 0 N–H and O–H groups in total. The third kappa shape index (κ3) is 4.73. The highest BCUT2D eigenvalue weighted by Gasteiger charge is 2.34. The zero-order valence-corrected chi connectivity index (χ0v) is 16.0. The van der Waals surface area contributed by atoms with Gasteiger partial charge in [-0.1, -0.05) is 30.3 Å². The molecule has 1 aromatic carbocycles. The van der Waals surface area contributed by atoms with Gasteiger partial charge in [0.05, 0.1) is 0 Å². The lowest BCUT2D eigenvalue weighted by molar-refractivity contribution is 0.0185. The van der Waals surface area contributed by atoms with E-state index >= 15 is 0 Å². The molecule has 1 aliphatic heterocycles. The van der Waals surface area contributed by atoms with Crippen LogP contribution in [0.15, 0.2) is 30.3 Å². The molecule has 0 radical (unpaired) electrons. The normalized spacial score (nSPS) is 21.3. The van der Waals surface area contributed by atoms with E-state index in [0.29, 0.717) is 12.0 Å². The quantitative estimate of drug-likeness (QED) is 0.823. The molecule has 1 fully saturated rings. The number of amides is 1. The summed E-state index contributed by atoms with van der Waals surface area (Å²) in [6.45, 7) is 12.2. The smallest absolute Gasteiger partial charge is 0.410 e. The van der Waals surface area contributed by atoms with Crippen molar-refractivity contribution in [3.63, 3.8) is 0 Å². The van der Waals surface area contributed by atoms with Crippen LogP contribution in [0.25, 0.3) is 0 Å². The standard InChI is InChI=1S/C20H32N2O2/c1-15(21(6)19(23)24-20(3,4)5)18-12-13-22(14-18)16(2)17-10-8-7-9-11-17/h7-11,15-16,18H,12-14H2,1-6H3/t15-,16-,18+/m0/s1. The Morgan fingerprint density at radius 3 is 2.46 bits per heavy atom. The summed E-state index contributed by atoms with van der Waals surface area (Å²) in [5.41, 5.74) is 0.903. The molecule has 0 aromatic heterocycles. The highest BCUT2D eigenvalue weighted by atomic mass is 16.6. The Labute approximate surface area is 146 Å². The van der Waals surface area contributed by atoms with Crippen LogP contribution in [0, 0.1) is 5.92 Å². The molecule has 24 heavy (non-hydrogen) atoms. The highest BCUT2D eigenvalue weighted by Crippen LogP contribution is 2.30. The molecule has 1 heterocycles. The molecule has 1 amide bonds. The molecule has 1 aliphatic rings. The molecular formula is C20H32N2O2. The third-order valence-corrected chi connectivity index (χ3v) is 5.06. The number of carbonyl (C=O) groups excluding carboxylic acids is 1. The van der Waals surface area contributed by atoms with Crippen molar-refractivity contribution in [1.82, 2.24) is 9.80 Å². The lowest BCUT2D eigenvalue weighted by atomic mass is 9.99. The van der Waals surface area contributed by atoms with Crippen LogP contribution in [0.1, 0.15) is 52.6 Å². The molecule has 0 aliphatic carbocycles. The maximum atomic E-state index is 12.3. The summed E-state index contributed by atoms with van der Waals surface area (Å²) in [4.78, 5) is 16.6. The van der Waals surface area contributed by atoms with Crippen molar-refractivity contribution in [3.8, 4) is 0 Å². The number of nitrogens with zero attached hydrogens (tertiary/aromatic N) is 2. The topological polar surface area (TPSA) is 32.8 Å². The lowest BCUT2D eigenvalue weighted by Gasteiger charge is -2.32. The molecule has 4 heteroatoms. The molecule has 1 saturated heterocycles. The largest absolute Gasteiger partial charge is 0.444 e. The first kappa shape index (κ1) is 18.8. The van der Waals surface area contributed by atoms with E-state index in [4.69, 9.17) is 4.74 Å². The molecule has 134 valence electrons. The fourth-order valence-corrected chi connectivity index (χ4v) is 3.32. The number of rotatable bonds is 4. The van der Waals surface area contributed by atoms with Gasteiger partial charge in [0, 0.05) is 25.7 Å². The van der Waals surface area contributed by atoms with Gasteiger partial charge in [0.15, 0.2) is 0 Å². The third-order valence-electron chi connectivity index (χ3n) is 5.06. The van der Waals surface area contributed by atoms with Crippen LogP contribution >= 0.6 is 0 Å². The van der Waals surface area contributed by atoms with Crippen LogP contribution in [0.3, 0.4) is 0 Å². The summed E-state index contributed by atoms with van der Waals surface area (Å²) < 4.78 is 5.50. The highest BCUT2D eigenvalue weighted by molar-refractivity contribution is 5.68. The molecular weight excluding hydrogens is 300 g/mol. The van der Waals surface area contributed by atoms with Crippen LogP contribution in [-0.4, -0.2) is 47.7 Å². The average Bonchev–Trinajstić information content (AvgIpc) is 3.01. The van der Waals surface area contributed by atoms with E-state index in [1.54, 1.807) is 4.90 Å². The Balaban J connectivity index is 1.93. The Bertz CT molecular complexity index is 538. The van der Waals surface area contributed by atoms with Gasteiger partial charge in [0.2, 0.25) is 0 Å². The van der Waals surface area contributed by atoms with Gasteiger partial charge in [-0.3, -0.25) is 4.90 Å². The first-order valence-electron chi connectivity index (χ1n) is 8.94. The summed E-state index contributed by atoms with van der Waals surface area (Å²) in [5, 5.41) is 0. The van der Waals surface area contributed by atoms with Crippen molar-refractivity contribution in [2.24, 2.45) is 5.92 Å². The van der Waals surface area contributed by atoms with Crippen LogP contribution in [0.5, 0.6) is 0 Å². The fourth-order valence-electron chi connectivity index (χ4n) is 3.32. The van der Waals surface area contributed by atoms with Gasteiger partial charge in [0.1, 0.15) is 5.60 Å². The van der Waals surface area contributed by atoms with Gasteiger partial charge >= 0.3 is 6.09 Å². The molecule has 4 nitrogen and oxygen atoms in total. The minimum absolute atomic E-state index is 0.174. The summed E-state index contributed by atoms with van der Waals surface area (Å²) in [6.07, 6.45) is 0.885. The van der Waals surface area contributed by atoms with E-state index in [0.717, 1.165) is 19.5 Å². The van der Waals surface area contributed by atoms with Gasteiger partial charge in [0.25, 0.3) is 0 Å². The van der Waals surface area contributed by atoms with Crippen LogP contribution in [-0.2, 0) is 4.74 Å². The number of benzene rings is 1. The summed E-state index contributed by atoms with van der Waals surface area (Å²) in [6, 6.07) is 11.2. The van der Waals surface area contributed by atoms with Crippen LogP contribution in [0.4, 0.5) is 4.79 Å². The van der Waals surface area contributed by atoms with Crippen molar-refractivity contribution in [2.75, 3.05) is 20.1 Å². The molecule has 3 atom stereocenters. The van der Waals surface area contributed by atoms with Gasteiger partial charge in [-0.2, -0.15) is 0 Å². The Morgan fingerprint density at radius 1 is 1.25 bits per heavy atom. The predicted molar refractivity (Wildman–Crippen MR) is 98.0 cm³/mol. The zero-order valence-electron chi connectivity index (χ0n) is 16.0. The molecule has 0 bridgehead atoms. The lowest BCUT2D eigenvalue weighted by Crippen LogP contribution is -2.43. The molecule has 2 rings (SSSR count). The minimum Gasteiger partial charge on any atom is -0.444 e. The van der Waals surface area contributed by atoms with E-state index in [-0.39, 0.29) is 12.1 Å².